The molecule has 0 spiro atoms. The average molecular weight is 388 g/mol. The van der Waals surface area contributed by atoms with Crippen molar-refractivity contribution in [3.63, 3.8) is 0 Å². The summed E-state index contributed by atoms with van der Waals surface area (Å²) in [5, 5.41) is 0. The Morgan fingerprint density at radius 2 is 1.63 bits per heavy atom. The standard InChI is InChI=1S/C22H29NO3S/c1-23(13-15-3-5-19(27-2)6-4-15)20(24)14-26-21(25)22-10-16-7-17(11-22)9-18(8-16)12-22/h3-6,16-18H,7-14H2,1-2H3. The lowest BCUT2D eigenvalue weighted by Crippen LogP contribution is -2.51. The maximum absolute atomic E-state index is 12.9. The molecule has 0 radical (unpaired) electrons. The molecule has 0 unspecified atom stereocenters. The molecule has 0 saturated heterocycles. The van der Waals surface area contributed by atoms with Crippen molar-refractivity contribution in [1.29, 1.82) is 0 Å². The number of rotatable bonds is 6. The lowest BCUT2D eigenvalue weighted by Gasteiger charge is -2.55. The third-order valence-corrected chi connectivity index (χ3v) is 7.55. The van der Waals surface area contributed by atoms with Crippen molar-refractivity contribution < 1.29 is 14.3 Å². The number of carbonyl (C=O) groups is 2. The molecule has 4 aliphatic carbocycles. The Kier molecular flexibility index (Phi) is 5.23. The molecular formula is C22H29NO3S. The largest absolute Gasteiger partial charge is 0.455 e. The fraction of sp³-hybridized carbons (Fsp3) is 0.636. The van der Waals surface area contributed by atoms with Crippen LogP contribution in [0.5, 0.6) is 0 Å². The SMILES string of the molecule is CSc1ccc(CN(C)C(=O)COC(=O)C23CC4CC(CC(C4)C2)C3)cc1. The van der Waals surface area contributed by atoms with Crippen molar-refractivity contribution in [2.45, 2.75) is 50.0 Å². The fourth-order valence-corrected chi connectivity index (χ4v) is 6.25. The van der Waals surface area contributed by atoms with E-state index in [0.717, 1.165) is 24.8 Å². The molecule has 4 bridgehead atoms. The summed E-state index contributed by atoms with van der Waals surface area (Å²) in [7, 11) is 1.77. The summed E-state index contributed by atoms with van der Waals surface area (Å²) >= 11 is 1.70. The Bertz CT molecular complexity index is 679. The van der Waals surface area contributed by atoms with Crippen LogP contribution in [0.2, 0.25) is 0 Å². The van der Waals surface area contributed by atoms with E-state index in [2.05, 4.69) is 12.1 Å². The van der Waals surface area contributed by atoms with Crippen LogP contribution in [0.3, 0.4) is 0 Å². The average Bonchev–Trinajstić information content (AvgIpc) is 2.65. The predicted molar refractivity (Wildman–Crippen MR) is 106 cm³/mol. The van der Waals surface area contributed by atoms with Gasteiger partial charge in [-0.25, -0.2) is 0 Å². The van der Waals surface area contributed by atoms with Crippen LogP contribution in [0, 0.1) is 23.2 Å². The second-order valence-corrected chi connectivity index (χ2v) is 9.75. The monoisotopic (exact) mass is 387 g/mol. The van der Waals surface area contributed by atoms with Crippen LogP contribution >= 0.6 is 11.8 Å². The minimum absolute atomic E-state index is 0.118. The molecule has 0 aliphatic heterocycles. The lowest BCUT2D eigenvalue weighted by molar-refractivity contribution is -0.174. The summed E-state index contributed by atoms with van der Waals surface area (Å²) in [6.07, 6.45) is 8.86. The van der Waals surface area contributed by atoms with Crippen LogP contribution in [-0.4, -0.2) is 36.7 Å². The highest BCUT2D eigenvalue weighted by molar-refractivity contribution is 7.98. The van der Waals surface area contributed by atoms with E-state index in [4.69, 9.17) is 4.74 Å². The molecule has 1 aromatic rings. The number of benzene rings is 1. The van der Waals surface area contributed by atoms with Gasteiger partial charge in [0.25, 0.3) is 5.91 Å². The van der Waals surface area contributed by atoms with Gasteiger partial charge in [-0.15, -0.1) is 11.8 Å². The maximum atomic E-state index is 12.9. The van der Waals surface area contributed by atoms with Crippen molar-refractivity contribution in [1.82, 2.24) is 4.90 Å². The minimum atomic E-state index is -0.290. The summed E-state index contributed by atoms with van der Waals surface area (Å²) in [6.45, 7) is 0.391. The van der Waals surface area contributed by atoms with Gasteiger partial charge in [0, 0.05) is 18.5 Å². The number of nitrogens with zero attached hydrogens (tertiary/aromatic N) is 1. The molecule has 4 nitrogen and oxygen atoms in total. The van der Waals surface area contributed by atoms with E-state index in [-0.39, 0.29) is 23.9 Å². The van der Waals surface area contributed by atoms with Crippen molar-refractivity contribution in [2.24, 2.45) is 23.2 Å². The molecule has 0 atom stereocenters. The van der Waals surface area contributed by atoms with Crippen LogP contribution in [0.4, 0.5) is 0 Å². The van der Waals surface area contributed by atoms with Gasteiger partial charge in [0.05, 0.1) is 5.41 Å². The topological polar surface area (TPSA) is 46.6 Å². The van der Waals surface area contributed by atoms with Gasteiger partial charge in [-0.2, -0.15) is 0 Å². The van der Waals surface area contributed by atoms with E-state index >= 15 is 0 Å². The van der Waals surface area contributed by atoms with Gasteiger partial charge >= 0.3 is 5.97 Å². The molecule has 27 heavy (non-hydrogen) atoms. The first-order valence-electron chi connectivity index (χ1n) is 10.0. The van der Waals surface area contributed by atoms with Gasteiger partial charge in [0.2, 0.25) is 0 Å². The molecule has 5 rings (SSSR count). The number of amides is 1. The number of hydrogen-bond acceptors (Lipinski definition) is 4. The van der Waals surface area contributed by atoms with E-state index in [0.29, 0.717) is 24.3 Å². The molecule has 5 heteroatoms. The third kappa shape index (κ3) is 3.89. The van der Waals surface area contributed by atoms with Crippen LogP contribution in [0.1, 0.15) is 44.1 Å². The first-order chi connectivity index (χ1) is 13.0. The normalized spacial score (nSPS) is 31.0. The zero-order valence-electron chi connectivity index (χ0n) is 16.3. The minimum Gasteiger partial charge on any atom is -0.455 e. The van der Waals surface area contributed by atoms with E-state index in [1.807, 2.05) is 18.4 Å². The number of esters is 1. The van der Waals surface area contributed by atoms with E-state index in [1.165, 1.54) is 24.2 Å². The highest BCUT2D eigenvalue weighted by atomic mass is 32.2. The van der Waals surface area contributed by atoms with Gasteiger partial charge in [-0.3, -0.25) is 9.59 Å². The number of likely N-dealkylation sites (N-methyl/N-ethyl adjacent to an activating group) is 1. The molecular weight excluding hydrogens is 358 g/mol. The molecule has 0 aromatic heterocycles. The Morgan fingerprint density at radius 3 is 2.15 bits per heavy atom. The summed E-state index contributed by atoms with van der Waals surface area (Å²) in [5.41, 5.74) is 0.789. The summed E-state index contributed by atoms with van der Waals surface area (Å²) in [6, 6.07) is 8.20. The highest BCUT2D eigenvalue weighted by Gasteiger charge is 2.55. The fourth-order valence-electron chi connectivity index (χ4n) is 5.84. The van der Waals surface area contributed by atoms with Crippen molar-refractivity contribution >= 4 is 23.6 Å². The van der Waals surface area contributed by atoms with E-state index in [1.54, 1.807) is 23.7 Å². The molecule has 1 aromatic carbocycles. The van der Waals surface area contributed by atoms with Gasteiger partial charge in [-0.1, -0.05) is 12.1 Å². The highest BCUT2D eigenvalue weighted by Crippen LogP contribution is 2.60. The van der Waals surface area contributed by atoms with Crippen LogP contribution in [0.25, 0.3) is 0 Å². The maximum Gasteiger partial charge on any atom is 0.312 e. The number of carbonyl (C=O) groups excluding carboxylic acids is 2. The summed E-state index contributed by atoms with van der Waals surface area (Å²) in [5.74, 6) is 1.85. The molecule has 1 amide bonds. The second kappa shape index (κ2) is 7.50. The molecule has 146 valence electrons. The Balaban J connectivity index is 1.30. The predicted octanol–water partition coefficient (Wildman–Crippen LogP) is 4.13. The van der Waals surface area contributed by atoms with Crippen molar-refractivity contribution in [3.8, 4) is 0 Å². The summed E-state index contributed by atoms with van der Waals surface area (Å²) in [4.78, 5) is 28.1. The number of ether oxygens (including phenoxy) is 1. The van der Waals surface area contributed by atoms with E-state index in [9.17, 15) is 9.59 Å². The van der Waals surface area contributed by atoms with Crippen LogP contribution in [-0.2, 0) is 20.9 Å². The zero-order chi connectivity index (χ0) is 19.0. The van der Waals surface area contributed by atoms with Crippen molar-refractivity contribution in [2.75, 3.05) is 19.9 Å². The lowest BCUT2D eigenvalue weighted by atomic mass is 9.49. The Hall–Kier alpha value is -1.49. The van der Waals surface area contributed by atoms with Crippen LogP contribution < -0.4 is 0 Å². The Morgan fingerprint density at radius 1 is 1.07 bits per heavy atom. The first kappa shape index (κ1) is 18.9. The molecule has 4 fully saturated rings. The number of thioether (sulfide) groups is 1. The molecule has 0 N–H and O–H groups in total. The second-order valence-electron chi connectivity index (χ2n) is 8.87. The first-order valence-corrected chi connectivity index (χ1v) is 11.2. The van der Waals surface area contributed by atoms with Gasteiger partial charge in [-0.05, 0) is 80.2 Å². The number of hydrogen-bond donors (Lipinski definition) is 0. The molecule has 4 aliphatic rings. The molecule has 4 saturated carbocycles. The van der Waals surface area contributed by atoms with Gasteiger partial charge < -0.3 is 9.64 Å². The zero-order valence-corrected chi connectivity index (χ0v) is 17.1. The van der Waals surface area contributed by atoms with Crippen LogP contribution in [0.15, 0.2) is 29.2 Å². The van der Waals surface area contributed by atoms with Gasteiger partial charge in [0.15, 0.2) is 6.61 Å². The Labute approximate surface area is 166 Å². The quantitative estimate of drug-likeness (QED) is 0.544. The third-order valence-electron chi connectivity index (χ3n) is 6.80. The summed E-state index contributed by atoms with van der Waals surface area (Å²) < 4.78 is 5.55. The van der Waals surface area contributed by atoms with Crippen molar-refractivity contribution in [3.05, 3.63) is 29.8 Å². The molecule has 0 heterocycles. The smallest absolute Gasteiger partial charge is 0.312 e. The van der Waals surface area contributed by atoms with E-state index < -0.39 is 0 Å². The van der Waals surface area contributed by atoms with Gasteiger partial charge in [0.1, 0.15) is 0 Å².